The Morgan fingerprint density at radius 1 is 1.24 bits per heavy atom. The van der Waals surface area contributed by atoms with Gasteiger partial charge in [-0.3, -0.25) is 9.89 Å². The number of nitrogens with one attached hydrogen (secondary N) is 2. The largest absolute Gasteiger partial charge is 0.379 e. The summed E-state index contributed by atoms with van der Waals surface area (Å²) in [6.07, 6.45) is 2.61. The third-order valence-electron chi connectivity index (χ3n) is 3.65. The first-order chi connectivity index (χ1) is 9.88. The Morgan fingerprint density at radius 2 is 2.05 bits per heavy atom. The molecule has 0 aromatic heterocycles. The van der Waals surface area contributed by atoms with Crippen molar-refractivity contribution in [3.05, 3.63) is 0 Å². The highest BCUT2D eigenvalue weighted by atomic mass is 127. The van der Waals surface area contributed by atoms with Crippen LogP contribution in [0.3, 0.4) is 0 Å². The van der Waals surface area contributed by atoms with Crippen molar-refractivity contribution in [1.29, 1.82) is 0 Å². The Balaban J connectivity index is 0.00000220. The van der Waals surface area contributed by atoms with Gasteiger partial charge in [-0.05, 0) is 19.8 Å². The second-order valence-corrected chi connectivity index (χ2v) is 5.24. The quantitative estimate of drug-likeness (QED) is 0.382. The molecular weight excluding hydrogens is 383 g/mol. The zero-order valence-corrected chi connectivity index (χ0v) is 15.3. The Bertz CT molecular complexity index is 293. The van der Waals surface area contributed by atoms with Crippen LogP contribution in [0.5, 0.6) is 0 Å². The maximum Gasteiger partial charge on any atom is 0.191 e. The molecule has 2 saturated heterocycles. The molecule has 2 fully saturated rings. The number of rotatable bonds is 6. The van der Waals surface area contributed by atoms with Crippen molar-refractivity contribution in [2.75, 3.05) is 59.1 Å². The summed E-state index contributed by atoms with van der Waals surface area (Å²) in [6, 6.07) is 0. The molecule has 0 bridgehead atoms. The van der Waals surface area contributed by atoms with E-state index in [0.717, 1.165) is 71.5 Å². The van der Waals surface area contributed by atoms with Crippen molar-refractivity contribution in [3.63, 3.8) is 0 Å². The van der Waals surface area contributed by atoms with Gasteiger partial charge in [0.05, 0.1) is 25.9 Å². The van der Waals surface area contributed by atoms with E-state index in [0.29, 0.717) is 6.10 Å². The number of guanidine groups is 1. The van der Waals surface area contributed by atoms with Gasteiger partial charge < -0.3 is 20.1 Å². The number of hydrogen-bond acceptors (Lipinski definition) is 4. The van der Waals surface area contributed by atoms with Gasteiger partial charge in [0.2, 0.25) is 0 Å². The summed E-state index contributed by atoms with van der Waals surface area (Å²) in [5.41, 5.74) is 0. The lowest BCUT2D eigenvalue weighted by atomic mass is 10.2. The third-order valence-corrected chi connectivity index (χ3v) is 3.65. The first-order valence-corrected chi connectivity index (χ1v) is 7.82. The lowest BCUT2D eigenvalue weighted by molar-refractivity contribution is 0.0389. The van der Waals surface area contributed by atoms with E-state index in [9.17, 15) is 0 Å². The number of aliphatic imine (C=N–C) groups is 1. The lowest BCUT2D eigenvalue weighted by Crippen LogP contribution is -2.44. The van der Waals surface area contributed by atoms with Crippen LogP contribution in [-0.4, -0.2) is 76.1 Å². The Hall–Kier alpha value is -0.120. The summed E-state index contributed by atoms with van der Waals surface area (Å²) in [5, 5.41) is 6.68. The van der Waals surface area contributed by atoms with E-state index in [1.54, 1.807) is 0 Å². The van der Waals surface area contributed by atoms with E-state index < -0.39 is 0 Å². The molecule has 0 aromatic rings. The summed E-state index contributed by atoms with van der Waals surface area (Å²) in [6.45, 7) is 10.3. The maximum atomic E-state index is 5.60. The molecule has 0 saturated carbocycles. The van der Waals surface area contributed by atoms with E-state index >= 15 is 0 Å². The summed E-state index contributed by atoms with van der Waals surface area (Å²) < 4.78 is 10.9. The molecule has 21 heavy (non-hydrogen) atoms. The van der Waals surface area contributed by atoms with Crippen molar-refractivity contribution in [2.45, 2.75) is 25.9 Å². The van der Waals surface area contributed by atoms with Crippen molar-refractivity contribution in [1.82, 2.24) is 15.5 Å². The highest BCUT2D eigenvalue weighted by Crippen LogP contribution is 2.11. The van der Waals surface area contributed by atoms with Crippen molar-refractivity contribution in [2.24, 2.45) is 4.99 Å². The number of nitrogens with zero attached hydrogens (tertiary/aromatic N) is 2. The molecular formula is C14H29IN4O2. The predicted molar refractivity (Wildman–Crippen MR) is 95.6 cm³/mol. The van der Waals surface area contributed by atoms with Crippen molar-refractivity contribution in [3.8, 4) is 0 Å². The van der Waals surface area contributed by atoms with E-state index in [2.05, 4.69) is 27.4 Å². The topological polar surface area (TPSA) is 58.1 Å². The molecule has 0 amide bonds. The normalized spacial score (nSPS) is 23.7. The van der Waals surface area contributed by atoms with Crippen LogP contribution >= 0.6 is 24.0 Å². The molecule has 2 aliphatic rings. The van der Waals surface area contributed by atoms with E-state index in [-0.39, 0.29) is 24.0 Å². The monoisotopic (exact) mass is 412 g/mol. The van der Waals surface area contributed by atoms with Gasteiger partial charge in [-0.15, -0.1) is 24.0 Å². The number of hydrogen-bond donors (Lipinski definition) is 2. The second kappa shape index (κ2) is 11.4. The molecule has 1 unspecified atom stereocenters. The molecule has 2 heterocycles. The standard InChI is InChI=1S/C14H28N4O2.HI/c1-2-15-14(17-12-13-4-3-9-20-13)16-5-6-18-7-10-19-11-8-18;/h13H,2-12H2,1H3,(H2,15,16,17);1H. The summed E-state index contributed by atoms with van der Waals surface area (Å²) in [4.78, 5) is 7.02. The summed E-state index contributed by atoms with van der Waals surface area (Å²) in [7, 11) is 0. The fourth-order valence-electron chi connectivity index (χ4n) is 2.48. The zero-order chi connectivity index (χ0) is 14.0. The molecule has 7 heteroatoms. The number of morpholine rings is 1. The first-order valence-electron chi connectivity index (χ1n) is 7.82. The van der Waals surface area contributed by atoms with Crippen LogP contribution in [0.15, 0.2) is 4.99 Å². The van der Waals surface area contributed by atoms with E-state index in [1.807, 2.05) is 0 Å². The van der Waals surface area contributed by atoms with Gasteiger partial charge in [0, 0.05) is 39.3 Å². The molecule has 2 rings (SSSR count). The Labute approximate surface area is 145 Å². The van der Waals surface area contributed by atoms with Crippen LogP contribution in [0.25, 0.3) is 0 Å². The van der Waals surface area contributed by atoms with Gasteiger partial charge in [-0.1, -0.05) is 0 Å². The number of ether oxygens (including phenoxy) is 2. The minimum Gasteiger partial charge on any atom is -0.379 e. The average Bonchev–Trinajstić information content (AvgIpc) is 2.99. The number of halogens is 1. The third kappa shape index (κ3) is 7.62. The van der Waals surface area contributed by atoms with E-state index in [1.165, 1.54) is 6.42 Å². The van der Waals surface area contributed by atoms with Gasteiger partial charge in [0.1, 0.15) is 0 Å². The Morgan fingerprint density at radius 3 is 2.71 bits per heavy atom. The molecule has 2 N–H and O–H groups in total. The van der Waals surface area contributed by atoms with Crippen LogP contribution in [0.2, 0.25) is 0 Å². The van der Waals surface area contributed by atoms with E-state index in [4.69, 9.17) is 9.47 Å². The van der Waals surface area contributed by atoms with Crippen molar-refractivity contribution < 1.29 is 9.47 Å². The fourth-order valence-corrected chi connectivity index (χ4v) is 2.48. The van der Waals surface area contributed by atoms with Crippen LogP contribution < -0.4 is 10.6 Å². The fraction of sp³-hybridized carbons (Fsp3) is 0.929. The molecule has 0 spiro atoms. The first kappa shape index (κ1) is 18.9. The smallest absolute Gasteiger partial charge is 0.191 e. The minimum atomic E-state index is 0. The predicted octanol–water partition coefficient (Wildman–Crippen LogP) is 0.671. The molecule has 6 nitrogen and oxygen atoms in total. The molecule has 124 valence electrons. The van der Waals surface area contributed by atoms with Crippen LogP contribution in [0.4, 0.5) is 0 Å². The van der Waals surface area contributed by atoms with Gasteiger partial charge >= 0.3 is 0 Å². The van der Waals surface area contributed by atoms with Gasteiger partial charge in [0.15, 0.2) is 5.96 Å². The maximum absolute atomic E-state index is 5.60. The SMILES string of the molecule is CCNC(=NCC1CCCO1)NCCN1CCOCC1.I. The minimum absolute atomic E-state index is 0. The van der Waals surface area contributed by atoms with Gasteiger partial charge in [0.25, 0.3) is 0 Å². The lowest BCUT2D eigenvalue weighted by Gasteiger charge is -2.26. The average molecular weight is 412 g/mol. The summed E-state index contributed by atoms with van der Waals surface area (Å²) >= 11 is 0. The highest BCUT2D eigenvalue weighted by molar-refractivity contribution is 14.0. The Kier molecular flexibility index (Phi) is 10.3. The molecule has 2 aliphatic heterocycles. The highest BCUT2D eigenvalue weighted by Gasteiger charge is 2.15. The van der Waals surface area contributed by atoms with Crippen molar-refractivity contribution >= 4 is 29.9 Å². The molecule has 0 aliphatic carbocycles. The summed E-state index contributed by atoms with van der Waals surface area (Å²) in [5.74, 6) is 0.899. The molecule has 1 atom stereocenters. The van der Waals surface area contributed by atoms with Gasteiger partial charge in [-0.25, -0.2) is 0 Å². The van der Waals surface area contributed by atoms with Crippen LogP contribution in [0, 0.1) is 0 Å². The van der Waals surface area contributed by atoms with Gasteiger partial charge in [-0.2, -0.15) is 0 Å². The van der Waals surface area contributed by atoms with Crippen LogP contribution in [0.1, 0.15) is 19.8 Å². The molecule has 0 aromatic carbocycles. The van der Waals surface area contributed by atoms with Crippen LogP contribution in [-0.2, 0) is 9.47 Å². The second-order valence-electron chi connectivity index (χ2n) is 5.24. The molecule has 0 radical (unpaired) electrons. The zero-order valence-electron chi connectivity index (χ0n) is 13.0.